The van der Waals surface area contributed by atoms with Crippen molar-refractivity contribution < 1.29 is 4.52 Å². The number of benzene rings is 2. The van der Waals surface area contributed by atoms with Gasteiger partial charge >= 0.3 is 0 Å². The standard InChI is InChI=1S/C16H15N3O/c1-10-3-6-12(7-4-10)15-18-16(20-19-15)13-9-11(2)5-8-14(13)17/h3-9H,17H2,1-2H3. The number of anilines is 1. The summed E-state index contributed by atoms with van der Waals surface area (Å²) in [4.78, 5) is 4.42. The van der Waals surface area contributed by atoms with Crippen LogP contribution in [0.1, 0.15) is 11.1 Å². The van der Waals surface area contributed by atoms with Crippen LogP contribution >= 0.6 is 0 Å². The molecule has 100 valence electrons. The number of hydrogen-bond donors (Lipinski definition) is 1. The van der Waals surface area contributed by atoms with Gasteiger partial charge in [-0.3, -0.25) is 0 Å². The fourth-order valence-electron chi connectivity index (χ4n) is 2.01. The maximum Gasteiger partial charge on any atom is 0.260 e. The van der Waals surface area contributed by atoms with Crippen molar-refractivity contribution in [2.75, 3.05) is 5.73 Å². The Bertz CT molecular complexity index is 745. The van der Waals surface area contributed by atoms with Crippen LogP contribution in [0.5, 0.6) is 0 Å². The van der Waals surface area contributed by atoms with E-state index in [9.17, 15) is 0 Å². The summed E-state index contributed by atoms with van der Waals surface area (Å²) >= 11 is 0. The highest BCUT2D eigenvalue weighted by Gasteiger charge is 2.13. The molecule has 0 radical (unpaired) electrons. The number of nitrogens with two attached hydrogens (primary N) is 1. The highest BCUT2D eigenvalue weighted by Crippen LogP contribution is 2.27. The predicted octanol–water partition coefficient (Wildman–Crippen LogP) is 3.60. The lowest BCUT2D eigenvalue weighted by Gasteiger charge is -2.01. The monoisotopic (exact) mass is 265 g/mol. The highest BCUT2D eigenvalue weighted by molar-refractivity contribution is 5.72. The molecule has 1 aromatic heterocycles. The number of nitrogens with zero attached hydrogens (tertiary/aromatic N) is 2. The molecule has 0 aliphatic heterocycles. The van der Waals surface area contributed by atoms with Crippen LogP contribution in [0.15, 0.2) is 47.0 Å². The Hall–Kier alpha value is -2.62. The zero-order valence-electron chi connectivity index (χ0n) is 11.4. The lowest BCUT2D eigenvalue weighted by Crippen LogP contribution is -1.91. The molecule has 2 aromatic carbocycles. The Morgan fingerprint density at radius 3 is 2.40 bits per heavy atom. The average molecular weight is 265 g/mol. The van der Waals surface area contributed by atoms with Crippen molar-refractivity contribution in [1.82, 2.24) is 10.1 Å². The second-order valence-electron chi connectivity index (χ2n) is 4.88. The van der Waals surface area contributed by atoms with Gasteiger partial charge in [-0.2, -0.15) is 4.98 Å². The van der Waals surface area contributed by atoms with E-state index in [0.717, 1.165) is 16.7 Å². The molecule has 0 unspecified atom stereocenters. The van der Waals surface area contributed by atoms with Gasteiger partial charge in [-0.25, -0.2) is 0 Å². The molecule has 0 saturated carbocycles. The van der Waals surface area contributed by atoms with Gasteiger partial charge in [-0.15, -0.1) is 0 Å². The van der Waals surface area contributed by atoms with Crippen LogP contribution in [0.3, 0.4) is 0 Å². The SMILES string of the molecule is Cc1ccc(-c2noc(-c3cc(C)ccc3N)n2)cc1. The van der Waals surface area contributed by atoms with Crippen molar-refractivity contribution in [3.63, 3.8) is 0 Å². The van der Waals surface area contributed by atoms with E-state index in [2.05, 4.69) is 10.1 Å². The van der Waals surface area contributed by atoms with Gasteiger partial charge in [0.15, 0.2) is 0 Å². The van der Waals surface area contributed by atoms with Crippen LogP contribution in [0.2, 0.25) is 0 Å². The van der Waals surface area contributed by atoms with Crippen LogP contribution in [0, 0.1) is 13.8 Å². The van der Waals surface area contributed by atoms with Crippen LogP contribution in [0.4, 0.5) is 5.69 Å². The number of nitrogen functional groups attached to an aromatic ring is 1. The molecule has 0 atom stereocenters. The minimum Gasteiger partial charge on any atom is -0.398 e. The van der Waals surface area contributed by atoms with Crippen molar-refractivity contribution in [3.05, 3.63) is 53.6 Å². The summed E-state index contributed by atoms with van der Waals surface area (Å²) in [5, 5.41) is 4.02. The molecule has 0 bridgehead atoms. The first-order valence-corrected chi connectivity index (χ1v) is 6.41. The third-order valence-corrected chi connectivity index (χ3v) is 3.17. The highest BCUT2D eigenvalue weighted by atomic mass is 16.5. The summed E-state index contributed by atoms with van der Waals surface area (Å²) < 4.78 is 5.33. The molecule has 4 heteroatoms. The van der Waals surface area contributed by atoms with E-state index in [1.54, 1.807) is 0 Å². The van der Waals surface area contributed by atoms with Gasteiger partial charge in [0, 0.05) is 11.3 Å². The zero-order valence-corrected chi connectivity index (χ0v) is 11.4. The number of aromatic nitrogens is 2. The van der Waals surface area contributed by atoms with Crippen LogP contribution in [-0.2, 0) is 0 Å². The van der Waals surface area contributed by atoms with Gasteiger partial charge in [0.1, 0.15) is 0 Å². The van der Waals surface area contributed by atoms with E-state index in [1.165, 1.54) is 5.56 Å². The van der Waals surface area contributed by atoms with E-state index in [1.807, 2.05) is 56.3 Å². The van der Waals surface area contributed by atoms with Crippen molar-refractivity contribution in [3.8, 4) is 22.8 Å². The first-order valence-electron chi connectivity index (χ1n) is 6.41. The smallest absolute Gasteiger partial charge is 0.260 e. The Morgan fingerprint density at radius 1 is 0.950 bits per heavy atom. The summed E-state index contributed by atoms with van der Waals surface area (Å²) in [6.45, 7) is 4.04. The van der Waals surface area contributed by atoms with Gasteiger partial charge in [0.05, 0.1) is 5.56 Å². The molecular formula is C16H15N3O. The van der Waals surface area contributed by atoms with Gasteiger partial charge in [-0.05, 0) is 26.0 Å². The Kier molecular flexibility index (Phi) is 2.99. The summed E-state index contributed by atoms with van der Waals surface area (Å²) in [5.41, 5.74) is 10.6. The van der Waals surface area contributed by atoms with E-state index in [0.29, 0.717) is 17.4 Å². The fourth-order valence-corrected chi connectivity index (χ4v) is 2.01. The molecule has 0 spiro atoms. The summed E-state index contributed by atoms with van der Waals surface area (Å²) in [7, 11) is 0. The molecule has 3 aromatic rings. The maximum atomic E-state index is 5.96. The first-order chi connectivity index (χ1) is 9.63. The molecular weight excluding hydrogens is 250 g/mol. The van der Waals surface area contributed by atoms with Crippen molar-refractivity contribution in [2.24, 2.45) is 0 Å². The largest absolute Gasteiger partial charge is 0.398 e. The summed E-state index contributed by atoms with van der Waals surface area (Å²) in [6.07, 6.45) is 0. The first kappa shape index (κ1) is 12.4. The van der Waals surface area contributed by atoms with Gasteiger partial charge in [-0.1, -0.05) is 46.6 Å². The second-order valence-corrected chi connectivity index (χ2v) is 4.88. The molecule has 0 fully saturated rings. The summed E-state index contributed by atoms with van der Waals surface area (Å²) in [5.74, 6) is 1.02. The van der Waals surface area contributed by atoms with Gasteiger partial charge in [0.2, 0.25) is 5.82 Å². The molecule has 0 amide bonds. The Morgan fingerprint density at radius 2 is 1.65 bits per heavy atom. The van der Waals surface area contributed by atoms with Gasteiger partial charge in [0.25, 0.3) is 5.89 Å². The van der Waals surface area contributed by atoms with E-state index < -0.39 is 0 Å². The van der Waals surface area contributed by atoms with Crippen molar-refractivity contribution in [2.45, 2.75) is 13.8 Å². The topological polar surface area (TPSA) is 64.9 Å². The third kappa shape index (κ3) is 2.28. The quantitative estimate of drug-likeness (QED) is 0.719. The lowest BCUT2D eigenvalue weighted by molar-refractivity contribution is 0.432. The average Bonchev–Trinajstić information content (AvgIpc) is 2.92. The van der Waals surface area contributed by atoms with E-state index >= 15 is 0 Å². The number of rotatable bonds is 2. The molecule has 1 heterocycles. The van der Waals surface area contributed by atoms with Crippen molar-refractivity contribution >= 4 is 5.69 Å². The lowest BCUT2D eigenvalue weighted by atomic mass is 10.1. The molecule has 0 saturated heterocycles. The third-order valence-electron chi connectivity index (χ3n) is 3.17. The number of hydrogen-bond acceptors (Lipinski definition) is 4. The zero-order chi connectivity index (χ0) is 14.1. The summed E-state index contributed by atoms with van der Waals surface area (Å²) in [6, 6.07) is 13.7. The molecule has 20 heavy (non-hydrogen) atoms. The minimum absolute atomic E-state index is 0.446. The predicted molar refractivity (Wildman–Crippen MR) is 79.1 cm³/mol. The van der Waals surface area contributed by atoms with E-state index in [-0.39, 0.29) is 0 Å². The maximum absolute atomic E-state index is 5.96. The van der Waals surface area contributed by atoms with Gasteiger partial charge < -0.3 is 10.3 Å². The molecule has 0 aliphatic rings. The second kappa shape index (κ2) is 4.81. The minimum atomic E-state index is 0.446. The molecule has 4 nitrogen and oxygen atoms in total. The van der Waals surface area contributed by atoms with Crippen LogP contribution in [-0.4, -0.2) is 10.1 Å². The molecule has 0 aliphatic carbocycles. The normalized spacial score (nSPS) is 10.7. The molecule has 2 N–H and O–H groups in total. The van der Waals surface area contributed by atoms with Crippen LogP contribution < -0.4 is 5.73 Å². The Labute approximate surface area is 117 Å². The number of aryl methyl sites for hydroxylation is 2. The Balaban J connectivity index is 2.01. The molecule has 3 rings (SSSR count). The van der Waals surface area contributed by atoms with E-state index in [4.69, 9.17) is 10.3 Å². The van der Waals surface area contributed by atoms with Crippen LogP contribution in [0.25, 0.3) is 22.8 Å². The van der Waals surface area contributed by atoms with Crippen molar-refractivity contribution in [1.29, 1.82) is 0 Å². The fraction of sp³-hybridized carbons (Fsp3) is 0.125.